The zero-order valence-corrected chi connectivity index (χ0v) is 21.8. The molecule has 5 aromatic rings. The average molecular weight is 517 g/mol. The Bertz CT molecular complexity index is 1690. The van der Waals surface area contributed by atoms with Crippen molar-refractivity contribution in [2.45, 2.75) is 38.4 Å². The van der Waals surface area contributed by atoms with E-state index in [2.05, 4.69) is 40.2 Å². The van der Waals surface area contributed by atoms with Gasteiger partial charge < -0.3 is 26.1 Å². The number of carbonyl (C=O) groups is 1. The van der Waals surface area contributed by atoms with E-state index >= 15 is 0 Å². The van der Waals surface area contributed by atoms with Gasteiger partial charge in [-0.15, -0.1) is 0 Å². The first-order chi connectivity index (χ1) is 19.1. The summed E-state index contributed by atoms with van der Waals surface area (Å²) in [5.41, 5.74) is 16.6. The van der Waals surface area contributed by atoms with E-state index in [4.69, 9.17) is 16.2 Å². The molecule has 0 fully saturated rings. The summed E-state index contributed by atoms with van der Waals surface area (Å²) in [5.74, 6) is 1.41. The number of aromatic nitrogens is 1. The molecule has 1 heterocycles. The molecule has 5 N–H and O–H groups in total. The van der Waals surface area contributed by atoms with Crippen molar-refractivity contribution in [3.63, 3.8) is 0 Å². The van der Waals surface area contributed by atoms with Gasteiger partial charge in [0.25, 0.3) is 5.91 Å². The van der Waals surface area contributed by atoms with Crippen LogP contribution in [0, 0.1) is 0 Å². The van der Waals surface area contributed by atoms with Crippen molar-refractivity contribution in [1.29, 1.82) is 0 Å². The minimum Gasteiger partial charge on any atom is -0.457 e. The molecular weight excluding hydrogens is 484 g/mol. The summed E-state index contributed by atoms with van der Waals surface area (Å²) in [6.45, 7) is 0.926. The second-order valence-electron chi connectivity index (χ2n) is 10.1. The van der Waals surface area contributed by atoms with Crippen molar-refractivity contribution >= 4 is 27.6 Å². The van der Waals surface area contributed by atoms with E-state index in [9.17, 15) is 4.79 Å². The van der Waals surface area contributed by atoms with Crippen molar-refractivity contribution in [3.8, 4) is 11.5 Å². The van der Waals surface area contributed by atoms with Crippen LogP contribution in [0.4, 0.5) is 0 Å². The predicted molar refractivity (Wildman–Crippen MR) is 157 cm³/mol. The Kier molecular flexibility index (Phi) is 6.88. The number of allylic oxidation sites excluding steroid dienone is 1. The highest BCUT2D eigenvalue weighted by atomic mass is 16.5. The van der Waals surface area contributed by atoms with Gasteiger partial charge in [0, 0.05) is 35.7 Å². The lowest BCUT2D eigenvalue weighted by Crippen LogP contribution is -2.30. The smallest absolute Gasteiger partial charge is 0.272 e. The Morgan fingerprint density at radius 2 is 1.74 bits per heavy atom. The minimum absolute atomic E-state index is 0.122. The van der Waals surface area contributed by atoms with Crippen LogP contribution in [0.2, 0.25) is 0 Å². The zero-order chi connectivity index (χ0) is 26.8. The maximum atomic E-state index is 13.6. The molecule has 4 aromatic carbocycles. The molecular formula is C33H32N4O2. The number of ether oxygens (including phenoxy) is 1. The SMILES string of the molecule is NCc1ccc2cc(C(=O)NC3=CC[C@@H](N)CC3)n(Cc3cc(Oc4ccccc4)cc4ccccc34)c2c1. The van der Waals surface area contributed by atoms with Gasteiger partial charge in [0.05, 0.1) is 0 Å². The molecule has 0 aliphatic heterocycles. The lowest BCUT2D eigenvalue weighted by atomic mass is 10.00. The summed E-state index contributed by atoms with van der Waals surface area (Å²) in [6.07, 6.45) is 4.46. The largest absolute Gasteiger partial charge is 0.457 e. The normalized spacial score (nSPS) is 15.3. The molecule has 0 saturated carbocycles. The van der Waals surface area contributed by atoms with E-state index < -0.39 is 0 Å². The second-order valence-corrected chi connectivity index (χ2v) is 10.1. The molecule has 0 bridgehead atoms. The fourth-order valence-corrected chi connectivity index (χ4v) is 5.31. The van der Waals surface area contributed by atoms with Crippen LogP contribution < -0.4 is 21.5 Å². The Morgan fingerprint density at radius 1 is 0.923 bits per heavy atom. The summed E-state index contributed by atoms with van der Waals surface area (Å²) in [7, 11) is 0. The fraction of sp³-hybridized carbons (Fsp3) is 0.182. The highest BCUT2D eigenvalue weighted by Gasteiger charge is 2.20. The van der Waals surface area contributed by atoms with Crippen molar-refractivity contribution in [2.75, 3.05) is 0 Å². The lowest BCUT2D eigenvalue weighted by molar-refractivity contribution is 0.0955. The molecule has 1 amide bonds. The number of amides is 1. The van der Waals surface area contributed by atoms with Crippen LogP contribution >= 0.6 is 0 Å². The number of hydrogen-bond acceptors (Lipinski definition) is 4. The number of carbonyl (C=O) groups excluding carboxylic acids is 1. The van der Waals surface area contributed by atoms with Gasteiger partial charge in [0.1, 0.15) is 17.2 Å². The quantitative estimate of drug-likeness (QED) is 0.239. The maximum absolute atomic E-state index is 13.6. The van der Waals surface area contributed by atoms with Crippen LogP contribution in [0.25, 0.3) is 21.7 Å². The van der Waals surface area contributed by atoms with Crippen molar-refractivity contribution < 1.29 is 9.53 Å². The molecule has 1 aliphatic rings. The van der Waals surface area contributed by atoms with Gasteiger partial charge in [0.15, 0.2) is 0 Å². The number of hydrogen-bond donors (Lipinski definition) is 3. The van der Waals surface area contributed by atoms with Crippen LogP contribution in [0.15, 0.2) is 103 Å². The number of fused-ring (bicyclic) bond motifs is 2. The van der Waals surface area contributed by atoms with Gasteiger partial charge in [-0.1, -0.05) is 60.7 Å². The maximum Gasteiger partial charge on any atom is 0.272 e. The van der Waals surface area contributed by atoms with Gasteiger partial charge in [-0.05, 0) is 77.6 Å². The minimum atomic E-state index is -0.122. The van der Waals surface area contributed by atoms with Crippen molar-refractivity contribution in [2.24, 2.45) is 11.5 Å². The highest BCUT2D eigenvalue weighted by Crippen LogP contribution is 2.31. The van der Waals surface area contributed by atoms with E-state index in [0.717, 1.165) is 69.3 Å². The molecule has 196 valence electrons. The molecule has 6 rings (SSSR count). The first-order valence-corrected chi connectivity index (χ1v) is 13.4. The first kappa shape index (κ1) is 24.9. The van der Waals surface area contributed by atoms with Gasteiger partial charge in [0.2, 0.25) is 0 Å². The Hall–Kier alpha value is -4.39. The van der Waals surface area contributed by atoms with Gasteiger partial charge in [-0.25, -0.2) is 0 Å². The van der Waals surface area contributed by atoms with Gasteiger partial charge >= 0.3 is 0 Å². The summed E-state index contributed by atoms with van der Waals surface area (Å²) in [4.78, 5) is 13.6. The molecule has 6 nitrogen and oxygen atoms in total. The van der Waals surface area contributed by atoms with Crippen molar-refractivity contribution in [1.82, 2.24) is 9.88 Å². The van der Waals surface area contributed by atoms with Crippen LogP contribution in [0.1, 0.15) is 40.9 Å². The van der Waals surface area contributed by atoms with E-state index in [1.807, 2.05) is 66.7 Å². The van der Waals surface area contributed by atoms with Gasteiger partial charge in [-0.3, -0.25) is 4.79 Å². The van der Waals surface area contributed by atoms with Crippen LogP contribution in [0.3, 0.4) is 0 Å². The standard InChI is InChI=1S/C33H32N4O2/c34-20-22-10-11-24-19-32(33(38)36-27-14-12-26(35)13-15-27)37(31(24)16-22)21-25-18-29(39-28-7-2-1-3-8-28)17-23-6-4-5-9-30(23)25/h1-11,14,16-19,26H,12-13,15,20-21,34-35H2,(H,36,38)/t26-/m1/s1. The summed E-state index contributed by atoms with van der Waals surface area (Å²) in [5, 5.41) is 6.34. The monoisotopic (exact) mass is 516 g/mol. The van der Waals surface area contributed by atoms with E-state index in [1.165, 1.54) is 0 Å². The molecule has 39 heavy (non-hydrogen) atoms. The Balaban J connectivity index is 1.43. The third kappa shape index (κ3) is 5.30. The predicted octanol–water partition coefficient (Wildman–Crippen LogP) is 6.22. The molecule has 6 heteroatoms. The second kappa shape index (κ2) is 10.8. The number of rotatable bonds is 7. The topological polar surface area (TPSA) is 95.3 Å². The van der Waals surface area contributed by atoms with E-state index in [-0.39, 0.29) is 11.9 Å². The summed E-state index contributed by atoms with van der Waals surface area (Å²) >= 11 is 0. The van der Waals surface area contributed by atoms with Crippen LogP contribution in [-0.4, -0.2) is 16.5 Å². The number of benzene rings is 4. The van der Waals surface area contributed by atoms with E-state index in [0.29, 0.717) is 18.8 Å². The fourth-order valence-electron chi connectivity index (χ4n) is 5.31. The first-order valence-electron chi connectivity index (χ1n) is 13.4. The third-order valence-corrected chi connectivity index (χ3v) is 7.39. The molecule has 0 spiro atoms. The van der Waals surface area contributed by atoms with E-state index in [1.54, 1.807) is 0 Å². The Morgan fingerprint density at radius 3 is 2.54 bits per heavy atom. The Labute approximate surface area is 227 Å². The highest BCUT2D eigenvalue weighted by molar-refractivity contribution is 6.00. The molecule has 0 radical (unpaired) electrons. The molecule has 1 aliphatic carbocycles. The zero-order valence-electron chi connectivity index (χ0n) is 21.8. The molecule has 0 saturated heterocycles. The molecule has 1 atom stereocenters. The summed E-state index contributed by atoms with van der Waals surface area (Å²) in [6, 6.07) is 30.4. The number of para-hydroxylation sites is 1. The number of nitrogens with one attached hydrogen (secondary N) is 1. The third-order valence-electron chi connectivity index (χ3n) is 7.39. The van der Waals surface area contributed by atoms with Crippen LogP contribution in [0.5, 0.6) is 11.5 Å². The number of nitrogens with two attached hydrogens (primary N) is 2. The number of nitrogens with zero attached hydrogens (tertiary/aromatic N) is 1. The van der Waals surface area contributed by atoms with Gasteiger partial charge in [-0.2, -0.15) is 0 Å². The molecule has 1 aromatic heterocycles. The average Bonchev–Trinajstić information content (AvgIpc) is 3.32. The lowest BCUT2D eigenvalue weighted by Gasteiger charge is -2.19. The van der Waals surface area contributed by atoms with Crippen molar-refractivity contribution in [3.05, 3.63) is 120 Å². The molecule has 0 unspecified atom stereocenters. The van der Waals surface area contributed by atoms with Crippen LogP contribution in [-0.2, 0) is 13.1 Å². The summed E-state index contributed by atoms with van der Waals surface area (Å²) < 4.78 is 8.32.